The van der Waals surface area contributed by atoms with Gasteiger partial charge < -0.3 is 15.5 Å². The Labute approximate surface area is 173 Å². The minimum Gasteiger partial charge on any atom is -0.358 e. The molecular formula is C19H26N8OS. The molecule has 0 spiro atoms. The first-order valence-corrected chi connectivity index (χ1v) is 11.2. The first kappa shape index (κ1) is 18.7. The molecule has 3 aliphatic rings. The van der Waals surface area contributed by atoms with Gasteiger partial charge in [-0.2, -0.15) is 5.10 Å². The molecule has 1 unspecified atom stereocenters. The summed E-state index contributed by atoms with van der Waals surface area (Å²) in [7, 11) is 0. The maximum Gasteiger partial charge on any atom is 0.275 e. The summed E-state index contributed by atoms with van der Waals surface area (Å²) in [5.41, 5.74) is 7.44. The summed E-state index contributed by atoms with van der Waals surface area (Å²) in [6.07, 6.45) is 4.01. The van der Waals surface area contributed by atoms with Crippen molar-refractivity contribution >= 4 is 29.1 Å². The van der Waals surface area contributed by atoms with E-state index in [0.29, 0.717) is 11.6 Å². The summed E-state index contributed by atoms with van der Waals surface area (Å²) >= 11 is 1.20. The highest BCUT2D eigenvalue weighted by atomic mass is 32.1. The zero-order valence-corrected chi connectivity index (χ0v) is 17.4. The van der Waals surface area contributed by atoms with E-state index in [1.807, 2.05) is 9.58 Å². The summed E-state index contributed by atoms with van der Waals surface area (Å²) in [5, 5.41) is 10.5. The van der Waals surface area contributed by atoms with Gasteiger partial charge in [0.1, 0.15) is 5.84 Å². The third kappa shape index (κ3) is 3.44. The van der Waals surface area contributed by atoms with Crippen LogP contribution in [0.25, 0.3) is 0 Å². The predicted octanol–water partition coefficient (Wildman–Crippen LogP) is 1.81. The fraction of sp³-hybridized carbons (Fsp3) is 0.632. The number of amidine groups is 1. The van der Waals surface area contributed by atoms with Crippen molar-refractivity contribution in [3.8, 4) is 0 Å². The Morgan fingerprint density at radius 1 is 1.24 bits per heavy atom. The number of aromatic nitrogens is 4. The van der Waals surface area contributed by atoms with Crippen LogP contribution in [0.4, 0.5) is 5.82 Å². The molecule has 0 bridgehead atoms. The van der Waals surface area contributed by atoms with Crippen LogP contribution in [0, 0.1) is 5.92 Å². The number of hydrogen-bond donors (Lipinski definition) is 1. The molecule has 2 aromatic heterocycles. The highest BCUT2D eigenvalue weighted by molar-refractivity contribution is 7.03. The maximum atomic E-state index is 12.9. The number of fused-ring (bicyclic) bond motifs is 1. The van der Waals surface area contributed by atoms with E-state index in [1.165, 1.54) is 11.5 Å². The minimum absolute atomic E-state index is 0.0368. The monoisotopic (exact) mass is 414 g/mol. The third-order valence-electron chi connectivity index (χ3n) is 6.13. The van der Waals surface area contributed by atoms with E-state index in [9.17, 15) is 4.79 Å². The van der Waals surface area contributed by atoms with Gasteiger partial charge in [-0.1, -0.05) is 11.4 Å². The quantitative estimate of drug-likeness (QED) is 0.803. The number of carbonyl (C=O) groups excluding carboxylic acids is 1. The average molecular weight is 415 g/mol. The summed E-state index contributed by atoms with van der Waals surface area (Å²) < 4.78 is 5.83. The largest absolute Gasteiger partial charge is 0.358 e. The molecule has 29 heavy (non-hydrogen) atoms. The number of hydrogen-bond acceptors (Lipinski definition) is 8. The van der Waals surface area contributed by atoms with Gasteiger partial charge in [0.15, 0.2) is 11.5 Å². The first-order chi connectivity index (χ1) is 14.1. The van der Waals surface area contributed by atoms with Crippen LogP contribution in [0.15, 0.2) is 16.4 Å². The Balaban J connectivity index is 1.42. The molecule has 2 saturated heterocycles. The van der Waals surface area contributed by atoms with Crippen molar-refractivity contribution in [3.05, 3.63) is 22.8 Å². The van der Waals surface area contributed by atoms with E-state index in [2.05, 4.69) is 27.5 Å². The molecule has 5 rings (SSSR count). The molecule has 0 radical (unpaired) electrons. The topological polar surface area (TPSA) is 106 Å². The molecule has 5 heterocycles. The molecule has 2 N–H and O–H groups in total. The van der Waals surface area contributed by atoms with Crippen LogP contribution in [0.3, 0.4) is 0 Å². The summed E-state index contributed by atoms with van der Waals surface area (Å²) in [6.45, 7) is 5.56. The van der Waals surface area contributed by atoms with Crippen molar-refractivity contribution < 1.29 is 4.79 Å². The van der Waals surface area contributed by atoms with Crippen LogP contribution < -0.4 is 5.73 Å². The van der Waals surface area contributed by atoms with Gasteiger partial charge in [-0.3, -0.25) is 4.79 Å². The molecule has 10 heteroatoms. The average Bonchev–Trinajstić information content (AvgIpc) is 3.47. The number of aliphatic imine (C=N–C) groups is 1. The zero-order valence-electron chi connectivity index (χ0n) is 16.6. The second-order valence-corrected chi connectivity index (χ2v) is 8.89. The fourth-order valence-corrected chi connectivity index (χ4v) is 5.08. The highest BCUT2D eigenvalue weighted by Gasteiger charge is 2.34. The molecule has 154 valence electrons. The van der Waals surface area contributed by atoms with Gasteiger partial charge in [0, 0.05) is 43.0 Å². The van der Waals surface area contributed by atoms with Gasteiger partial charge in [0.25, 0.3) is 5.91 Å². The second-order valence-electron chi connectivity index (χ2n) is 8.28. The second kappa shape index (κ2) is 7.49. The van der Waals surface area contributed by atoms with Crippen LogP contribution in [0.1, 0.15) is 54.8 Å². The molecule has 9 nitrogen and oxygen atoms in total. The maximum absolute atomic E-state index is 12.9. The Bertz CT molecular complexity index is 923. The van der Waals surface area contributed by atoms with Crippen molar-refractivity contribution in [1.29, 1.82) is 0 Å². The van der Waals surface area contributed by atoms with Gasteiger partial charge in [-0.05, 0) is 37.2 Å². The normalized spacial score (nSPS) is 27.1. The van der Waals surface area contributed by atoms with Crippen LogP contribution in [-0.2, 0) is 6.54 Å². The molecule has 0 aliphatic carbocycles. The van der Waals surface area contributed by atoms with E-state index in [0.717, 1.165) is 69.2 Å². The van der Waals surface area contributed by atoms with Gasteiger partial charge in [0.2, 0.25) is 0 Å². The lowest BCUT2D eigenvalue weighted by atomic mass is 9.99. The highest BCUT2D eigenvalue weighted by Crippen LogP contribution is 2.35. The Morgan fingerprint density at radius 3 is 2.90 bits per heavy atom. The van der Waals surface area contributed by atoms with E-state index in [-0.39, 0.29) is 18.0 Å². The SMILES string of the molecule is CC1Cn2nc([C@@H]3CCCCN3C(=O)c3csnn3)cc2N=C1N1CC[C@H](N)C1. The van der Waals surface area contributed by atoms with E-state index in [1.54, 1.807) is 5.38 Å². The van der Waals surface area contributed by atoms with Gasteiger partial charge in [-0.15, -0.1) is 5.10 Å². The first-order valence-electron chi connectivity index (χ1n) is 10.3. The summed E-state index contributed by atoms with van der Waals surface area (Å²) in [6, 6.07) is 2.25. The Kier molecular flexibility index (Phi) is 4.83. The van der Waals surface area contributed by atoms with Gasteiger partial charge in [-0.25, -0.2) is 9.67 Å². The van der Waals surface area contributed by atoms with E-state index >= 15 is 0 Å². The van der Waals surface area contributed by atoms with Gasteiger partial charge >= 0.3 is 0 Å². The lowest BCUT2D eigenvalue weighted by Crippen LogP contribution is -2.39. The fourth-order valence-electron chi connectivity index (χ4n) is 4.65. The number of nitrogens with two attached hydrogens (primary N) is 1. The lowest BCUT2D eigenvalue weighted by molar-refractivity contribution is 0.0599. The minimum atomic E-state index is -0.0574. The van der Waals surface area contributed by atoms with Crippen molar-refractivity contribution in [2.45, 2.75) is 51.2 Å². The van der Waals surface area contributed by atoms with Crippen molar-refractivity contribution in [2.24, 2.45) is 16.6 Å². The van der Waals surface area contributed by atoms with E-state index < -0.39 is 0 Å². The van der Waals surface area contributed by atoms with Crippen LogP contribution in [0.5, 0.6) is 0 Å². The number of amides is 1. The van der Waals surface area contributed by atoms with Crippen LogP contribution in [-0.4, -0.2) is 66.6 Å². The number of carbonyl (C=O) groups is 1. The number of nitrogens with zero attached hydrogens (tertiary/aromatic N) is 7. The lowest BCUT2D eigenvalue weighted by Gasteiger charge is -2.34. The predicted molar refractivity (Wildman–Crippen MR) is 110 cm³/mol. The molecular weight excluding hydrogens is 388 g/mol. The van der Waals surface area contributed by atoms with E-state index in [4.69, 9.17) is 15.8 Å². The van der Waals surface area contributed by atoms with Crippen LogP contribution >= 0.6 is 11.5 Å². The molecule has 3 aliphatic heterocycles. The number of piperidine rings is 1. The molecule has 3 atom stereocenters. The number of likely N-dealkylation sites (tertiary alicyclic amines) is 2. The van der Waals surface area contributed by atoms with Gasteiger partial charge in [0.05, 0.1) is 18.3 Å². The molecule has 0 aromatic carbocycles. The third-order valence-corrected chi connectivity index (χ3v) is 6.63. The summed E-state index contributed by atoms with van der Waals surface area (Å²) in [4.78, 5) is 22.1. The smallest absolute Gasteiger partial charge is 0.275 e. The number of rotatable bonds is 2. The zero-order chi connectivity index (χ0) is 20.0. The van der Waals surface area contributed by atoms with Crippen molar-refractivity contribution in [1.82, 2.24) is 29.2 Å². The van der Waals surface area contributed by atoms with Crippen LogP contribution in [0.2, 0.25) is 0 Å². The molecule has 2 fully saturated rings. The Morgan fingerprint density at radius 2 is 2.14 bits per heavy atom. The van der Waals surface area contributed by atoms with Crippen molar-refractivity contribution in [3.63, 3.8) is 0 Å². The summed E-state index contributed by atoms with van der Waals surface area (Å²) in [5.74, 6) is 2.23. The molecule has 0 saturated carbocycles. The van der Waals surface area contributed by atoms with Crippen molar-refractivity contribution in [2.75, 3.05) is 19.6 Å². The Hall–Kier alpha value is -2.33. The molecule has 2 aromatic rings. The molecule has 1 amide bonds. The standard InChI is InChI=1S/C19H26N8OS/c1-12-9-27-17(21-18(12)25-7-5-13(20)10-25)8-14(23-27)16-4-2-3-6-26(16)19(28)15-11-29-24-22-15/h8,11-13,16H,2-7,9-10,20H2,1H3/t12?,13-,16-/m0/s1.